The number of rotatable bonds is 6. The molecule has 0 saturated carbocycles. The van der Waals surface area contributed by atoms with E-state index in [1.807, 2.05) is 24.3 Å². The molecule has 5 heteroatoms. The van der Waals surface area contributed by atoms with Crippen molar-refractivity contribution in [1.82, 2.24) is 10.3 Å². The van der Waals surface area contributed by atoms with Gasteiger partial charge in [-0.1, -0.05) is 5.92 Å². The van der Waals surface area contributed by atoms with Crippen LogP contribution >= 0.6 is 0 Å². The van der Waals surface area contributed by atoms with E-state index in [9.17, 15) is 4.79 Å². The van der Waals surface area contributed by atoms with Gasteiger partial charge >= 0.3 is 0 Å². The number of aryl methyl sites for hydroxylation is 1. The Kier molecular flexibility index (Phi) is 4.99. The number of hydrogen-bond donors (Lipinski definition) is 1. The van der Waals surface area contributed by atoms with Gasteiger partial charge in [0.1, 0.15) is 5.75 Å². The highest BCUT2D eigenvalue weighted by molar-refractivity contribution is 5.76. The van der Waals surface area contributed by atoms with Crippen LogP contribution in [0.2, 0.25) is 0 Å². The Morgan fingerprint density at radius 2 is 2.19 bits per heavy atom. The molecule has 1 N–H and O–H groups in total. The summed E-state index contributed by atoms with van der Waals surface area (Å²) >= 11 is 0. The van der Waals surface area contributed by atoms with Crippen LogP contribution in [-0.4, -0.2) is 24.5 Å². The number of aromatic nitrogens is 1. The zero-order valence-electron chi connectivity index (χ0n) is 11.8. The molecule has 0 aliphatic rings. The number of nitrogens with zero attached hydrogens (tertiary/aromatic N) is 1. The predicted molar refractivity (Wildman–Crippen MR) is 78.7 cm³/mol. The molecular formula is C16H16N2O3. The zero-order chi connectivity index (χ0) is 15.1. The molecule has 108 valence electrons. The molecule has 1 aromatic heterocycles. The molecule has 2 aromatic rings. The number of nitrogens with one attached hydrogen (secondary N) is 1. The van der Waals surface area contributed by atoms with Gasteiger partial charge in [0.05, 0.1) is 19.9 Å². The first kappa shape index (κ1) is 14.7. The number of methoxy groups -OCH3 is 1. The third-order valence-electron chi connectivity index (χ3n) is 2.88. The maximum atomic E-state index is 11.4. The van der Waals surface area contributed by atoms with Crippen LogP contribution in [0.4, 0.5) is 0 Å². The number of carbonyl (C=O) groups excluding carboxylic acids is 1. The van der Waals surface area contributed by atoms with Gasteiger partial charge in [-0.25, -0.2) is 4.98 Å². The Morgan fingerprint density at radius 1 is 1.43 bits per heavy atom. The van der Waals surface area contributed by atoms with Gasteiger partial charge in [-0.15, -0.1) is 6.42 Å². The lowest BCUT2D eigenvalue weighted by molar-refractivity contribution is -0.120. The smallest absolute Gasteiger partial charge is 0.221 e. The summed E-state index contributed by atoms with van der Waals surface area (Å²) in [6.07, 6.45) is 7.45. The quantitative estimate of drug-likeness (QED) is 0.824. The maximum Gasteiger partial charge on any atom is 0.221 e. The molecule has 1 amide bonds. The van der Waals surface area contributed by atoms with Crippen molar-refractivity contribution in [2.75, 3.05) is 13.7 Å². The van der Waals surface area contributed by atoms with E-state index >= 15 is 0 Å². The van der Waals surface area contributed by atoms with Gasteiger partial charge < -0.3 is 14.5 Å². The minimum absolute atomic E-state index is 0.114. The monoisotopic (exact) mass is 284 g/mol. The van der Waals surface area contributed by atoms with Gasteiger partial charge in [0.15, 0.2) is 11.7 Å². The van der Waals surface area contributed by atoms with E-state index in [4.69, 9.17) is 15.6 Å². The molecular weight excluding hydrogens is 268 g/mol. The Morgan fingerprint density at radius 3 is 2.86 bits per heavy atom. The summed E-state index contributed by atoms with van der Waals surface area (Å²) in [6, 6.07) is 7.49. The van der Waals surface area contributed by atoms with Crippen molar-refractivity contribution in [3.05, 3.63) is 36.4 Å². The van der Waals surface area contributed by atoms with Crippen LogP contribution in [0.15, 0.2) is 34.9 Å². The van der Waals surface area contributed by atoms with Crippen molar-refractivity contribution >= 4 is 5.91 Å². The van der Waals surface area contributed by atoms with Crippen LogP contribution in [0.25, 0.3) is 11.3 Å². The summed E-state index contributed by atoms with van der Waals surface area (Å²) in [5.41, 5.74) is 0.909. The van der Waals surface area contributed by atoms with Gasteiger partial charge in [-0.3, -0.25) is 4.79 Å². The fraction of sp³-hybridized carbons (Fsp3) is 0.250. The summed E-state index contributed by atoms with van der Waals surface area (Å²) < 4.78 is 10.7. The molecule has 0 fully saturated rings. The topological polar surface area (TPSA) is 64.4 Å². The molecule has 2 rings (SSSR count). The fourth-order valence-corrected chi connectivity index (χ4v) is 1.77. The lowest BCUT2D eigenvalue weighted by Gasteiger charge is -2.00. The van der Waals surface area contributed by atoms with Crippen molar-refractivity contribution in [1.29, 1.82) is 0 Å². The highest BCUT2D eigenvalue weighted by Crippen LogP contribution is 2.23. The fourth-order valence-electron chi connectivity index (χ4n) is 1.77. The molecule has 1 aromatic carbocycles. The van der Waals surface area contributed by atoms with E-state index in [1.165, 1.54) is 0 Å². The number of ether oxygens (including phenoxy) is 1. The molecule has 0 spiro atoms. The van der Waals surface area contributed by atoms with Crippen molar-refractivity contribution in [2.45, 2.75) is 12.8 Å². The van der Waals surface area contributed by atoms with Gasteiger partial charge in [-0.05, 0) is 24.3 Å². The van der Waals surface area contributed by atoms with Crippen LogP contribution in [0.3, 0.4) is 0 Å². The lowest BCUT2D eigenvalue weighted by atomic mass is 10.2. The van der Waals surface area contributed by atoms with Gasteiger partial charge in [0, 0.05) is 18.4 Å². The molecule has 0 atom stereocenters. The van der Waals surface area contributed by atoms with Crippen LogP contribution in [0, 0.1) is 12.3 Å². The first-order valence-corrected chi connectivity index (χ1v) is 6.52. The number of oxazole rings is 1. The molecule has 0 radical (unpaired) electrons. The van der Waals surface area contributed by atoms with Crippen LogP contribution < -0.4 is 10.1 Å². The lowest BCUT2D eigenvalue weighted by Crippen LogP contribution is -2.23. The zero-order valence-corrected chi connectivity index (χ0v) is 11.8. The average Bonchev–Trinajstić information content (AvgIpc) is 3.00. The highest BCUT2D eigenvalue weighted by atomic mass is 16.5. The van der Waals surface area contributed by atoms with E-state index < -0.39 is 0 Å². The van der Waals surface area contributed by atoms with Crippen LogP contribution in [-0.2, 0) is 11.2 Å². The number of benzene rings is 1. The molecule has 0 aliphatic heterocycles. The van der Waals surface area contributed by atoms with E-state index in [1.54, 1.807) is 13.3 Å². The van der Waals surface area contributed by atoms with Crippen LogP contribution in [0.5, 0.6) is 5.75 Å². The Bertz CT molecular complexity index is 638. The second kappa shape index (κ2) is 7.15. The van der Waals surface area contributed by atoms with Crippen LogP contribution in [0.1, 0.15) is 12.3 Å². The van der Waals surface area contributed by atoms with E-state index in [-0.39, 0.29) is 12.5 Å². The summed E-state index contributed by atoms with van der Waals surface area (Å²) in [7, 11) is 1.62. The molecule has 21 heavy (non-hydrogen) atoms. The molecule has 0 saturated heterocycles. The predicted octanol–water partition coefficient (Wildman–Crippen LogP) is 2.03. The molecule has 0 aliphatic carbocycles. The first-order valence-electron chi connectivity index (χ1n) is 6.52. The molecule has 0 bridgehead atoms. The van der Waals surface area contributed by atoms with Gasteiger partial charge in [0.25, 0.3) is 0 Å². The van der Waals surface area contributed by atoms with Crippen molar-refractivity contribution < 1.29 is 13.9 Å². The largest absolute Gasteiger partial charge is 0.497 e. The van der Waals surface area contributed by atoms with Crippen molar-refractivity contribution in [2.24, 2.45) is 0 Å². The second-order valence-electron chi connectivity index (χ2n) is 4.33. The van der Waals surface area contributed by atoms with Crippen molar-refractivity contribution in [3.63, 3.8) is 0 Å². The van der Waals surface area contributed by atoms with Gasteiger partial charge in [0.2, 0.25) is 5.91 Å². The number of terminal acetylenes is 1. The highest BCUT2D eigenvalue weighted by Gasteiger charge is 2.08. The molecule has 5 nitrogen and oxygen atoms in total. The third kappa shape index (κ3) is 4.11. The van der Waals surface area contributed by atoms with E-state index in [0.29, 0.717) is 24.5 Å². The minimum Gasteiger partial charge on any atom is -0.497 e. The maximum absolute atomic E-state index is 11.4. The number of amides is 1. The summed E-state index contributed by atoms with van der Waals surface area (Å²) in [5, 5.41) is 2.60. The Balaban J connectivity index is 1.94. The summed E-state index contributed by atoms with van der Waals surface area (Å²) in [4.78, 5) is 15.6. The number of hydrogen-bond acceptors (Lipinski definition) is 4. The Labute approximate surface area is 123 Å². The number of carbonyl (C=O) groups is 1. The minimum atomic E-state index is -0.114. The normalized spacial score (nSPS) is 9.90. The second-order valence-corrected chi connectivity index (χ2v) is 4.33. The van der Waals surface area contributed by atoms with E-state index in [2.05, 4.69) is 16.2 Å². The Hall–Kier alpha value is -2.74. The third-order valence-corrected chi connectivity index (χ3v) is 2.88. The van der Waals surface area contributed by atoms with Gasteiger partial charge in [-0.2, -0.15) is 0 Å². The standard InChI is InChI=1S/C16H16N2O3/c1-3-10-17-15(19)8-9-16-18-11-14(21-16)12-4-6-13(20-2)7-5-12/h1,4-7,11H,8-10H2,2H3,(H,17,19). The summed E-state index contributed by atoms with van der Waals surface area (Å²) in [5.74, 6) is 4.21. The average molecular weight is 284 g/mol. The SMILES string of the molecule is C#CCNC(=O)CCc1ncc(-c2ccc(OC)cc2)o1. The van der Waals surface area contributed by atoms with Crippen molar-refractivity contribution in [3.8, 4) is 29.4 Å². The summed E-state index contributed by atoms with van der Waals surface area (Å²) in [6.45, 7) is 0.238. The molecule has 0 unspecified atom stereocenters. The molecule has 1 heterocycles. The van der Waals surface area contributed by atoms with E-state index in [0.717, 1.165) is 11.3 Å². The first-order chi connectivity index (χ1) is 10.2.